The lowest BCUT2D eigenvalue weighted by Crippen LogP contribution is -2.60. The van der Waals surface area contributed by atoms with E-state index in [0.29, 0.717) is 0 Å². The minimum Gasteiger partial charge on any atom is -0.315 e. The molecule has 0 aliphatic carbocycles. The molecule has 0 aliphatic heterocycles. The molecule has 2 atom stereocenters. The van der Waals surface area contributed by atoms with E-state index in [0.717, 1.165) is 37.7 Å². The highest BCUT2D eigenvalue weighted by Crippen LogP contribution is 2.10. The fourth-order valence-electron chi connectivity index (χ4n) is 1.58. The number of hydrogen-bond donors (Lipinski definition) is 5. The van der Waals surface area contributed by atoms with Crippen LogP contribution in [-0.2, 0) is 0 Å². The third-order valence-electron chi connectivity index (χ3n) is 2.97. The van der Waals surface area contributed by atoms with Crippen LogP contribution >= 0.6 is 25.3 Å². The summed E-state index contributed by atoms with van der Waals surface area (Å²) in [4.78, 5) is 0. The van der Waals surface area contributed by atoms with E-state index in [1.165, 1.54) is 0 Å². The Kier molecular flexibility index (Phi) is 8.94. The lowest BCUT2D eigenvalue weighted by molar-refractivity contribution is 0.305. The average Bonchev–Trinajstić information content (AvgIpc) is 2.34. The predicted molar refractivity (Wildman–Crippen MR) is 84.7 cm³/mol. The zero-order valence-corrected chi connectivity index (χ0v) is 13.4. The van der Waals surface area contributed by atoms with Crippen molar-refractivity contribution in [3.05, 3.63) is 0 Å². The summed E-state index contributed by atoms with van der Waals surface area (Å²) in [6.07, 6.45) is 0. The van der Waals surface area contributed by atoms with Crippen LogP contribution in [0.5, 0.6) is 0 Å². The molecule has 0 aliphatic rings. The minimum absolute atomic E-state index is 0.0265. The summed E-state index contributed by atoms with van der Waals surface area (Å²) in [5.74, 6) is 1.63. The molecule has 0 radical (unpaired) electrons. The second-order valence-corrected chi connectivity index (χ2v) is 5.73. The van der Waals surface area contributed by atoms with E-state index in [4.69, 9.17) is 0 Å². The molecule has 17 heavy (non-hydrogen) atoms. The van der Waals surface area contributed by atoms with Gasteiger partial charge in [0.2, 0.25) is 0 Å². The van der Waals surface area contributed by atoms with Crippen molar-refractivity contribution in [2.75, 3.05) is 37.7 Å². The number of thiol groups is 2. The average molecular weight is 280 g/mol. The van der Waals surface area contributed by atoms with Crippen LogP contribution in [0.25, 0.3) is 0 Å². The van der Waals surface area contributed by atoms with Gasteiger partial charge in [-0.05, 0) is 26.9 Å². The van der Waals surface area contributed by atoms with E-state index in [9.17, 15) is 0 Å². The molecule has 0 saturated carbocycles. The Bertz CT molecular complexity index is 204. The molecule has 0 spiro atoms. The molecule has 104 valence electrons. The molecule has 0 saturated heterocycles. The van der Waals surface area contributed by atoms with Crippen molar-refractivity contribution in [3.8, 4) is 0 Å². The molecule has 0 fully saturated rings. The lowest BCUT2D eigenvalue weighted by atomic mass is 10.00. The second-order valence-electron chi connectivity index (χ2n) is 5.10. The molecule has 0 rings (SSSR count). The summed E-state index contributed by atoms with van der Waals surface area (Å²) < 4.78 is 0. The van der Waals surface area contributed by atoms with Gasteiger partial charge in [-0.25, -0.2) is 0 Å². The summed E-state index contributed by atoms with van der Waals surface area (Å²) in [5, 5.41) is 10.5. The quantitative estimate of drug-likeness (QED) is 0.390. The molecule has 0 aromatic rings. The summed E-state index contributed by atoms with van der Waals surface area (Å²) in [6.45, 7) is 12.4. The second kappa shape index (κ2) is 8.64. The van der Waals surface area contributed by atoms with Gasteiger partial charge in [-0.2, -0.15) is 25.3 Å². The Morgan fingerprint density at radius 2 is 1.35 bits per heavy atom. The van der Waals surface area contributed by atoms with Crippen molar-refractivity contribution in [1.29, 1.82) is 0 Å². The highest BCUT2D eigenvalue weighted by atomic mass is 32.1. The van der Waals surface area contributed by atoms with Crippen molar-refractivity contribution in [2.24, 2.45) is 0 Å². The van der Waals surface area contributed by atoms with Gasteiger partial charge in [0, 0.05) is 35.7 Å². The number of hydrogen-bond acceptors (Lipinski definition) is 5. The van der Waals surface area contributed by atoms with Crippen LogP contribution in [0.2, 0.25) is 0 Å². The number of nitrogens with one attached hydrogen (secondary N) is 3. The zero-order valence-electron chi connectivity index (χ0n) is 11.6. The third-order valence-corrected chi connectivity index (χ3v) is 4.37. The van der Waals surface area contributed by atoms with Crippen molar-refractivity contribution in [2.45, 2.75) is 38.8 Å². The van der Waals surface area contributed by atoms with E-state index in [2.05, 4.69) is 68.9 Å². The lowest BCUT2D eigenvalue weighted by Gasteiger charge is -2.36. The van der Waals surface area contributed by atoms with Crippen LogP contribution in [0.3, 0.4) is 0 Å². The van der Waals surface area contributed by atoms with Gasteiger partial charge in [0.25, 0.3) is 0 Å². The maximum Gasteiger partial charge on any atom is 0.0367 e. The monoisotopic (exact) mass is 279 g/mol. The first-order valence-electron chi connectivity index (χ1n) is 6.38. The van der Waals surface area contributed by atoms with E-state index >= 15 is 0 Å². The van der Waals surface area contributed by atoms with Gasteiger partial charge in [-0.3, -0.25) is 0 Å². The van der Waals surface area contributed by atoms with Crippen LogP contribution in [0, 0.1) is 0 Å². The fourth-order valence-corrected chi connectivity index (χ4v) is 2.03. The Morgan fingerprint density at radius 3 is 1.76 bits per heavy atom. The van der Waals surface area contributed by atoms with E-state index in [1.807, 2.05) is 0 Å². The first-order chi connectivity index (χ1) is 7.95. The van der Waals surface area contributed by atoms with Crippen molar-refractivity contribution in [1.82, 2.24) is 16.0 Å². The van der Waals surface area contributed by atoms with Gasteiger partial charge in [0.1, 0.15) is 0 Å². The molecule has 0 heterocycles. The minimum atomic E-state index is 0.0265. The Labute approximate surface area is 118 Å². The SMILES string of the molecule is CCNC[C@](C)(CS)NC[C@@](C)(CS)NCC. The van der Waals surface area contributed by atoms with Crippen molar-refractivity contribution in [3.63, 3.8) is 0 Å². The molecular weight excluding hydrogens is 250 g/mol. The Hall–Kier alpha value is 0.580. The van der Waals surface area contributed by atoms with E-state index in [1.54, 1.807) is 0 Å². The van der Waals surface area contributed by atoms with E-state index in [-0.39, 0.29) is 11.1 Å². The van der Waals surface area contributed by atoms with Crippen LogP contribution in [0.4, 0.5) is 0 Å². The maximum absolute atomic E-state index is 4.44. The summed E-state index contributed by atoms with van der Waals surface area (Å²) in [5.41, 5.74) is 0.0625. The Morgan fingerprint density at radius 1 is 0.824 bits per heavy atom. The van der Waals surface area contributed by atoms with Gasteiger partial charge in [0.05, 0.1) is 0 Å². The fraction of sp³-hybridized carbons (Fsp3) is 1.00. The van der Waals surface area contributed by atoms with Crippen molar-refractivity contribution >= 4 is 25.3 Å². The highest BCUT2D eigenvalue weighted by molar-refractivity contribution is 7.80. The molecule has 0 bridgehead atoms. The highest BCUT2D eigenvalue weighted by Gasteiger charge is 2.27. The summed E-state index contributed by atoms with van der Waals surface area (Å²) in [6, 6.07) is 0. The van der Waals surface area contributed by atoms with Crippen LogP contribution in [0.15, 0.2) is 0 Å². The maximum atomic E-state index is 4.44. The molecule has 0 aromatic carbocycles. The largest absolute Gasteiger partial charge is 0.315 e. The first kappa shape index (κ1) is 17.6. The van der Waals surface area contributed by atoms with Crippen molar-refractivity contribution < 1.29 is 0 Å². The normalized spacial score (nSPS) is 18.7. The molecule has 3 nitrogen and oxygen atoms in total. The summed E-state index contributed by atoms with van der Waals surface area (Å²) in [7, 11) is 0. The standard InChI is InChI=1S/C12H29N3S2/c1-5-13-7-11(3,9-16)15-8-12(4,10-17)14-6-2/h13-17H,5-10H2,1-4H3/t11-,12+/m1/s1. The zero-order chi connectivity index (χ0) is 13.4. The molecular formula is C12H29N3S2. The molecule has 0 aromatic heterocycles. The molecule has 3 N–H and O–H groups in total. The van der Waals surface area contributed by atoms with Crippen LogP contribution < -0.4 is 16.0 Å². The van der Waals surface area contributed by atoms with Gasteiger partial charge >= 0.3 is 0 Å². The van der Waals surface area contributed by atoms with Crippen LogP contribution in [-0.4, -0.2) is 48.8 Å². The molecule has 0 unspecified atom stereocenters. The van der Waals surface area contributed by atoms with Gasteiger partial charge in [-0.1, -0.05) is 13.8 Å². The van der Waals surface area contributed by atoms with Gasteiger partial charge in [0.15, 0.2) is 0 Å². The van der Waals surface area contributed by atoms with E-state index < -0.39 is 0 Å². The predicted octanol–water partition coefficient (Wildman–Crippen LogP) is 1.17. The topological polar surface area (TPSA) is 36.1 Å². The third kappa shape index (κ3) is 6.91. The molecule has 5 heteroatoms. The van der Waals surface area contributed by atoms with Crippen LogP contribution in [0.1, 0.15) is 27.7 Å². The Balaban J connectivity index is 4.27. The number of rotatable bonds is 10. The molecule has 0 amide bonds. The summed E-state index contributed by atoms with van der Waals surface area (Å²) >= 11 is 8.87. The smallest absolute Gasteiger partial charge is 0.0367 e. The van der Waals surface area contributed by atoms with Gasteiger partial charge in [-0.15, -0.1) is 0 Å². The van der Waals surface area contributed by atoms with Gasteiger partial charge < -0.3 is 16.0 Å². The number of likely N-dealkylation sites (N-methyl/N-ethyl adjacent to an activating group) is 2. The first-order valence-corrected chi connectivity index (χ1v) is 7.64.